The summed E-state index contributed by atoms with van der Waals surface area (Å²) in [6.07, 6.45) is -2.99. The van der Waals surface area contributed by atoms with Crippen LogP contribution < -0.4 is 4.74 Å². The summed E-state index contributed by atoms with van der Waals surface area (Å²) in [7, 11) is 1.44. The normalized spacial score (nSPS) is 11.7. The lowest BCUT2D eigenvalue weighted by molar-refractivity contribution is -0.140. The van der Waals surface area contributed by atoms with Gasteiger partial charge in [-0.1, -0.05) is 13.0 Å². The fourth-order valence-electron chi connectivity index (χ4n) is 2.17. The van der Waals surface area contributed by atoms with E-state index in [1.165, 1.54) is 7.11 Å². The second-order valence-corrected chi connectivity index (χ2v) is 4.72. The number of ether oxygens (including phenoxy) is 1. The Hall–Kier alpha value is -2.05. The first-order chi connectivity index (χ1) is 10.4. The van der Waals surface area contributed by atoms with Gasteiger partial charge in [0.2, 0.25) is 0 Å². The van der Waals surface area contributed by atoms with Gasteiger partial charge in [0, 0.05) is 6.20 Å². The fourth-order valence-corrected chi connectivity index (χ4v) is 2.17. The van der Waals surface area contributed by atoms with E-state index in [0.29, 0.717) is 11.3 Å². The van der Waals surface area contributed by atoms with Crippen LogP contribution in [0.15, 0.2) is 24.4 Å². The number of benzene rings is 1. The number of rotatable bonds is 5. The van der Waals surface area contributed by atoms with Gasteiger partial charge in [-0.3, -0.25) is 0 Å². The monoisotopic (exact) mass is 316 g/mol. The molecule has 2 rings (SSSR count). The molecule has 7 heteroatoms. The average Bonchev–Trinajstić information content (AvgIpc) is 2.91. The highest BCUT2D eigenvalue weighted by molar-refractivity contribution is 5.66. The molecule has 0 unspecified atom stereocenters. The molecule has 0 bridgehead atoms. The minimum Gasteiger partial charge on any atom is -0.496 e. The molecule has 120 valence electrons. The van der Waals surface area contributed by atoms with Crippen LogP contribution >= 0.6 is 0 Å². The first-order valence-electron chi connectivity index (χ1n) is 6.78. The van der Waals surface area contributed by atoms with Crippen LogP contribution in [0, 0.1) is 0 Å². The van der Waals surface area contributed by atoms with E-state index in [0.717, 1.165) is 22.7 Å². The van der Waals surface area contributed by atoms with E-state index in [-0.39, 0.29) is 12.4 Å². The van der Waals surface area contributed by atoms with Crippen molar-refractivity contribution in [3.8, 4) is 17.1 Å². The van der Waals surface area contributed by atoms with Gasteiger partial charge in [-0.15, -0.1) is 0 Å². The lowest BCUT2D eigenvalue weighted by atomic mass is 10.1. The molecule has 1 aromatic carbocycles. The van der Waals surface area contributed by atoms with Gasteiger partial charge in [-0.2, -0.15) is 13.2 Å². The maximum atomic E-state index is 12.8. The third-order valence-electron chi connectivity index (χ3n) is 3.31. The average molecular weight is 316 g/mol. The highest BCUT2D eigenvalue weighted by atomic mass is 19.4. The van der Waals surface area contributed by atoms with Crippen LogP contribution in [0.25, 0.3) is 11.4 Å². The van der Waals surface area contributed by atoms with Crippen molar-refractivity contribution in [3.05, 3.63) is 35.7 Å². The minimum atomic E-state index is -4.58. The molecular formula is C15H16F4N2O. The molecule has 3 nitrogen and oxygen atoms in total. The molecule has 0 fully saturated rings. The van der Waals surface area contributed by atoms with Crippen molar-refractivity contribution in [3.63, 3.8) is 0 Å². The summed E-state index contributed by atoms with van der Waals surface area (Å²) in [4.78, 5) is 3.63. The van der Waals surface area contributed by atoms with Crippen LogP contribution in [-0.2, 0) is 19.1 Å². The predicted octanol–water partition coefficient (Wildman–Crippen LogP) is 4.11. The van der Waals surface area contributed by atoms with Crippen molar-refractivity contribution in [1.29, 1.82) is 0 Å². The maximum absolute atomic E-state index is 12.8. The van der Waals surface area contributed by atoms with Gasteiger partial charge in [-0.05, 0) is 24.1 Å². The molecule has 0 N–H and O–H groups in total. The maximum Gasteiger partial charge on any atom is 0.434 e. The van der Waals surface area contributed by atoms with Crippen LogP contribution in [0.2, 0.25) is 0 Å². The number of aryl methyl sites for hydroxylation is 2. The van der Waals surface area contributed by atoms with Crippen LogP contribution in [0.4, 0.5) is 17.6 Å². The first kappa shape index (κ1) is 16.3. The van der Waals surface area contributed by atoms with Gasteiger partial charge in [0.15, 0.2) is 5.69 Å². The molecule has 0 spiro atoms. The highest BCUT2D eigenvalue weighted by Crippen LogP contribution is 2.34. The highest BCUT2D eigenvalue weighted by Gasteiger charge is 2.35. The van der Waals surface area contributed by atoms with Gasteiger partial charge < -0.3 is 9.30 Å². The summed E-state index contributed by atoms with van der Waals surface area (Å²) in [5.41, 5.74) is 0.349. The molecule has 1 heterocycles. The van der Waals surface area contributed by atoms with Gasteiger partial charge >= 0.3 is 6.18 Å². The molecule has 22 heavy (non-hydrogen) atoms. The number of methoxy groups -OCH3 is 1. The summed E-state index contributed by atoms with van der Waals surface area (Å²) >= 11 is 0. The lowest BCUT2D eigenvalue weighted by Crippen LogP contribution is -2.05. The number of halogens is 4. The van der Waals surface area contributed by atoms with Gasteiger partial charge in [-0.25, -0.2) is 9.37 Å². The van der Waals surface area contributed by atoms with E-state index in [9.17, 15) is 17.6 Å². The second-order valence-electron chi connectivity index (χ2n) is 4.72. The van der Waals surface area contributed by atoms with Crippen LogP contribution in [0.5, 0.6) is 5.75 Å². The number of imidazole rings is 1. The van der Waals surface area contributed by atoms with Gasteiger partial charge in [0.25, 0.3) is 0 Å². The van der Waals surface area contributed by atoms with Crippen LogP contribution in [0.1, 0.15) is 18.2 Å². The largest absolute Gasteiger partial charge is 0.496 e. The number of hydrogen-bond acceptors (Lipinski definition) is 2. The smallest absolute Gasteiger partial charge is 0.434 e. The number of aromatic nitrogens is 2. The Bertz CT molecular complexity index is 649. The molecule has 0 amide bonds. The Morgan fingerprint density at radius 1 is 1.27 bits per heavy atom. The van der Waals surface area contributed by atoms with E-state index < -0.39 is 18.5 Å². The van der Waals surface area contributed by atoms with Gasteiger partial charge in [0.05, 0.1) is 19.2 Å². The Balaban J connectivity index is 2.58. The van der Waals surface area contributed by atoms with Crippen molar-refractivity contribution in [2.45, 2.75) is 26.1 Å². The molecule has 0 saturated heterocycles. The lowest BCUT2D eigenvalue weighted by Gasteiger charge is -2.11. The summed E-state index contributed by atoms with van der Waals surface area (Å²) in [5.74, 6) is 0.461. The molecule has 2 aromatic rings. The number of nitrogens with zero attached hydrogens (tertiary/aromatic N) is 2. The minimum absolute atomic E-state index is 0.0458. The van der Waals surface area contributed by atoms with Crippen molar-refractivity contribution in [2.75, 3.05) is 13.8 Å². The summed E-state index contributed by atoms with van der Waals surface area (Å²) in [6.45, 7) is 0.980. The fraction of sp³-hybridized carbons (Fsp3) is 0.400. The third kappa shape index (κ3) is 3.23. The van der Waals surface area contributed by atoms with Crippen LogP contribution in [-0.4, -0.2) is 23.3 Å². The zero-order chi connectivity index (χ0) is 16.3. The molecule has 1 aromatic heterocycles. The van der Waals surface area contributed by atoms with Gasteiger partial charge in [0.1, 0.15) is 18.2 Å². The van der Waals surface area contributed by atoms with Crippen molar-refractivity contribution in [1.82, 2.24) is 9.55 Å². The Kier molecular flexibility index (Phi) is 4.73. The second kappa shape index (κ2) is 6.37. The topological polar surface area (TPSA) is 27.1 Å². The summed E-state index contributed by atoms with van der Waals surface area (Å²) in [5, 5.41) is 0. The SMILES string of the molecule is CCc1ccc(-c2nc(C(F)(F)F)cn2CCF)c(OC)c1. The molecule has 0 aliphatic rings. The molecule has 0 aliphatic carbocycles. The third-order valence-corrected chi connectivity index (χ3v) is 3.31. The summed E-state index contributed by atoms with van der Waals surface area (Å²) in [6, 6.07) is 5.19. The number of hydrogen-bond donors (Lipinski definition) is 0. The standard InChI is InChI=1S/C15H16F4N2O/c1-3-10-4-5-11(12(8-10)22-2)14-20-13(15(17,18)19)9-21(14)7-6-16/h4-5,8-9H,3,6-7H2,1-2H3. The van der Waals surface area contributed by atoms with E-state index in [1.807, 2.05) is 6.92 Å². The van der Waals surface area contributed by atoms with E-state index in [2.05, 4.69) is 4.98 Å². The Morgan fingerprint density at radius 3 is 2.55 bits per heavy atom. The zero-order valence-electron chi connectivity index (χ0n) is 12.2. The Morgan fingerprint density at radius 2 is 2.00 bits per heavy atom. The van der Waals surface area contributed by atoms with E-state index >= 15 is 0 Å². The first-order valence-corrected chi connectivity index (χ1v) is 6.78. The predicted molar refractivity (Wildman–Crippen MR) is 74.6 cm³/mol. The van der Waals surface area contributed by atoms with Crippen molar-refractivity contribution < 1.29 is 22.3 Å². The van der Waals surface area contributed by atoms with Crippen LogP contribution in [0.3, 0.4) is 0 Å². The molecule has 0 atom stereocenters. The molecule has 0 radical (unpaired) electrons. The van der Waals surface area contributed by atoms with E-state index in [4.69, 9.17) is 4.74 Å². The Labute approximate surface area is 125 Å². The quantitative estimate of drug-likeness (QED) is 0.776. The number of alkyl halides is 4. The molecule has 0 aliphatic heterocycles. The van der Waals surface area contributed by atoms with E-state index in [1.54, 1.807) is 18.2 Å². The van der Waals surface area contributed by atoms with Crippen molar-refractivity contribution in [2.24, 2.45) is 0 Å². The molecule has 0 saturated carbocycles. The van der Waals surface area contributed by atoms with Crippen molar-refractivity contribution >= 4 is 0 Å². The zero-order valence-corrected chi connectivity index (χ0v) is 12.2. The molecular weight excluding hydrogens is 300 g/mol. The summed E-state index contributed by atoms with van der Waals surface area (Å²) < 4.78 is 57.5.